The van der Waals surface area contributed by atoms with Crippen LogP contribution in [0.15, 0.2) is 40.9 Å². The second kappa shape index (κ2) is 5.92. The normalized spacial score (nSPS) is 10.2. The number of non-ortho nitro benzene ring substituents is 1. The van der Waals surface area contributed by atoms with Gasteiger partial charge in [0.25, 0.3) is 5.69 Å². The highest BCUT2D eigenvalue weighted by Crippen LogP contribution is 2.30. The lowest BCUT2D eigenvalue weighted by Crippen LogP contribution is -1.97. The van der Waals surface area contributed by atoms with Gasteiger partial charge in [-0.25, -0.2) is 0 Å². The molecule has 0 aromatic heterocycles. The maximum atomic E-state index is 10.9. The maximum absolute atomic E-state index is 10.9. The third kappa shape index (κ3) is 3.27. The van der Waals surface area contributed by atoms with Gasteiger partial charge < -0.3 is 10.6 Å². The van der Waals surface area contributed by atoms with Gasteiger partial charge in [0.1, 0.15) is 0 Å². The van der Waals surface area contributed by atoms with Crippen molar-refractivity contribution in [3.8, 4) is 0 Å². The van der Waals surface area contributed by atoms with E-state index >= 15 is 0 Å². The fraction of sp³-hybridized carbons (Fsp3) is 0.143. The highest BCUT2D eigenvalue weighted by atomic mass is 79.9. The highest BCUT2D eigenvalue weighted by molar-refractivity contribution is 9.10. The minimum atomic E-state index is -0.407. The second-order valence-electron chi connectivity index (χ2n) is 4.38. The summed E-state index contributed by atoms with van der Waals surface area (Å²) in [7, 11) is 1.73. The molecule has 5 nitrogen and oxygen atoms in total. The van der Waals surface area contributed by atoms with Gasteiger partial charge in [0.15, 0.2) is 0 Å². The number of nitrogens with zero attached hydrogens (tertiary/aromatic N) is 1. The molecule has 0 unspecified atom stereocenters. The van der Waals surface area contributed by atoms with E-state index in [0.717, 1.165) is 15.7 Å². The first-order chi connectivity index (χ1) is 9.49. The van der Waals surface area contributed by atoms with E-state index in [0.29, 0.717) is 11.4 Å². The van der Waals surface area contributed by atoms with Gasteiger partial charge in [-0.3, -0.25) is 10.1 Å². The van der Waals surface area contributed by atoms with Gasteiger partial charge in [-0.1, -0.05) is 6.07 Å². The van der Waals surface area contributed by atoms with E-state index in [1.807, 2.05) is 31.2 Å². The Balaban J connectivity index is 2.37. The molecule has 0 amide bonds. The molecule has 0 aliphatic rings. The summed E-state index contributed by atoms with van der Waals surface area (Å²) in [4.78, 5) is 10.5. The highest BCUT2D eigenvalue weighted by Gasteiger charge is 2.10. The van der Waals surface area contributed by atoms with Gasteiger partial charge in [0.05, 0.1) is 10.6 Å². The third-order valence-corrected chi connectivity index (χ3v) is 3.48. The zero-order valence-electron chi connectivity index (χ0n) is 11.1. The number of hydrogen-bond donors (Lipinski definition) is 2. The van der Waals surface area contributed by atoms with E-state index in [4.69, 9.17) is 0 Å². The molecule has 0 heterocycles. The summed E-state index contributed by atoms with van der Waals surface area (Å²) in [6.07, 6.45) is 0. The van der Waals surface area contributed by atoms with E-state index < -0.39 is 4.92 Å². The van der Waals surface area contributed by atoms with E-state index in [2.05, 4.69) is 26.6 Å². The molecular formula is C14H14BrN3O2. The molecule has 2 N–H and O–H groups in total. The van der Waals surface area contributed by atoms with Crippen LogP contribution < -0.4 is 10.6 Å². The van der Waals surface area contributed by atoms with Crippen molar-refractivity contribution in [1.29, 1.82) is 0 Å². The van der Waals surface area contributed by atoms with Crippen molar-refractivity contribution >= 4 is 38.7 Å². The van der Waals surface area contributed by atoms with Crippen LogP contribution in [0.2, 0.25) is 0 Å². The Labute approximate surface area is 125 Å². The smallest absolute Gasteiger partial charge is 0.273 e. The lowest BCUT2D eigenvalue weighted by molar-refractivity contribution is -0.384. The zero-order valence-corrected chi connectivity index (χ0v) is 12.7. The molecule has 0 radical (unpaired) electrons. The van der Waals surface area contributed by atoms with Crippen molar-refractivity contribution in [3.05, 3.63) is 56.5 Å². The first kappa shape index (κ1) is 14.3. The molecule has 0 bridgehead atoms. The number of anilines is 3. The number of hydrogen-bond acceptors (Lipinski definition) is 4. The molecule has 104 valence electrons. The number of rotatable bonds is 4. The largest absolute Gasteiger partial charge is 0.388 e. The Morgan fingerprint density at radius 3 is 2.45 bits per heavy atom. The fourth-order valence-corrected chi connectivity index (χ4v) is 2.40. The van der Waals surface area contributed by atoms with Crippen molar-refractivity contribution in [2.75, 3.05) is 17.7 Å². The van der Waals surface area contributed by atoms with E-state index in [1.165, 1.54) is 12.1 Å². The second-order valence-corrected chi connectivity index (χ2v) is 5.24. The molecule has 0 fully saturated rings. The number of halogens is 1. The topological polar surface area (TPSA) is 67.2 Å². The monoisotopic (exact) mass is 335 g/mol. The Morgan fingerprint density at radius 1 is 1.15 bits per heavy atom. The van der Waals surface area contributed by atoms with Crippen molar-refractivity contribution in [3.63, 3.8) is 0 Å². The summed E-state index contributed by atoms with van der Waals surface area (Å²) in [5.41, 5.74) is 3.39. The lowest BCUT2D eigenvalue weighted by Gasteiger charge is -2.11. The minimum absolute atomic E-state index is 0.0441. The number of nitro groups is 1. The number of nitro benzene ring substituents is 1. The molecule has 0 saturated heterocycles. The number of aryl methyl sites for hydroxylation is 1. The summed E-state index contributed by atoms with van der Waals surface area (Å²) in [6.45, 7) is 2.00. The van der Waals surface area contributed by atoms with Crippen LogP contribution in [-0.4, -0.2) is 12.0 Å². The summed E-state index contributed by atoms with van der Waals surface area (Å²) in [6, 6.07) is 10.7. The van der Waals surface area contributed by atoms with E-state index in [9.17, 15) is 10.1 Å². The fourth-order valence-electron chi connectivity index (χ4n) is 1.81. The van der Waals surface area contributed by atoms with Crippen LogP contribution >= 0.6 is 15.9 Å². The first-order valence-electron chi connectivity index (χ1n) is 6.00. The lowest BCUT2D eigenvalue weighted by atomic mass is 10.2. The molecular weight excluding hydrogens is 322 g/mol. The van der Waals surface area contributed by atoms with Crippen molar-refractivity contribution in [2.24, 2.45) is 0 Å². The van der Waals surface area contributed by atoms with Gasteiger partial charge in [-0.2, -0.15) is 0 Å². The third-order valence-electron chi connectivity index (χ3n) is 2.82. The van der Waals surface area contributed by atoms with Crippen molar-refractivity contribution in [1.82, 2.24) is 0 Å². The van der Waals surface area contributed by atoms with Crippen LogP contribution in [0.1, 0.15) is 5.56 Å². The summed E-state index contributed by atoms with van der Waals surface area (Å²) < 4.78 is 0.912. The molecule has 2 aromatic carbocycles. The quantitative estimate of drug-likeness (QED) is 0.639. The predicted octanol–water partition coefficient (Wildman–Crippen LogP) is 4.45. The molecule has 0 aliphatic heterocycles. The molecule has 0 aliphatic carbocycles. The molecule has 0 spiro atoms. The van der Waals surface area contributed by atoms with Gasteiger partial charge in [-0.05, 0) is 46.6 Å². The molecule has 2 rings (SSSR count). The molecule has 6 heteroatoms. The Kier molecular flexibility index (Phi) is 4.24. The van der Waals surface area contributed by atoms with Crippen LogP contribution in [0.5, 0.6) is 0 Å². The first-order valence-corrected chi connectivity index (χ1v) is 6.79. The SMILES string of the molecule is CNc1cc(Nc2ccc(C)cc2Br)cc([N+](=O)[O-])c1. The van der Waals surface area contributed by atoms with Crippen molar-refractivity contribution in [2.45, 2.75) is 6.92 Å². The predicted molar refractivity (Wildman–Crippen MR) is 84.8 cm³/mol. The van der Waals surface area contributed by atoms with Gasteiger partial charge in [-0.15, -0.1) is 0 Å². The van der Waals surface area contributed by atoms with Crippen LogP contribution in [0.4, 0.5) is 22.7 Å². The summed E-state index contributed by atoms with van der Waals surface area (Å²) in [5.74, 6) is 0. The van der Waals surface area contributed by atoms with Gasteiger partial charge >= 0.3 is 0 Å². The molecule has 0 atom stereocenters. The van der Waals surface area contributed by atoms with Crippen LogP contribution in [-0.2, 0) is 0 Å². The van der Waals surface area contributed by atoms with Gasteiger partial charge in [0, 0.05) is 35.0 Å². The molecule has 20 heavy (non-hydrogen) atoms. The van der Waals surface area contributed by atoms with Crippen molar-refractivity contribution < 1.29 is 4.92 Å². The molecule has 2 aromatic rings. The Hall–Kier alpha value is -2.08. The average molecular weight is 336 g/mol. The van der Waals surface area contributed by atoms with Crippen LogP contribution in [0, 0.1) is 17.0 Å². The minimum Gasteiger partial charge on any atom is -0.388 e. The molecule has 0 saturated carbocycles. The van der Waals surface area contributed by atoms with E-state index in [1.54, 1.807) is 7.05 Å². The Morgan fingerprint density at radius 2 is 1.85 bits per heavy atom. The van der Waals surface area contributed by atoms with Gasteiger partial charge in [0.2, 0.25) is 0 Å². The number of nitrogens with one attached hydrogen (secondary N) is 2. The van der Waals surface area contributed by atoms with Crippen LogP contribution in [0.25, 0.3) is 0 Å². The number of benzene rings is 2. The van der Waals surface area contributed by atoms with Crippen LogP contribution in [0.3, 0.4) is 0 Å². The Bertz CT molecular complexity index is 659. The average Bonchev–Trinajstić information content (AvgIpc) is 2.41. The maximum Gasteiger partial charge on any atom is 0.273 e. The summed E-state index contributed by atoms with van der Waals surface area (Å²) in [5, 5.41) is 17.0. The summed E-state index contributed by atoms with van der Waals surface area (Å²) >= 11 is 3.48. The zero-order chi connectivity index (χ0) is 14.7. The van der Waals surface area contributed by atoms with E-state index in [-0.39, 0.29) is 5.69 Å². The standard InChI is InChI=1S/C14H14BrN3O2/c1-9-3-4-14(13(15)5-9)17-11-6-10(16-2)7-12(8-11)18(19)20/h3-8,16-17H,1-2H3.